The molecule has 4 rings (SSSR count). The van der Waals surface area contributed by atoms with Crippen LogP contribution in [-0.4, -0.2) is 46.2 Å². The maximum Gasteiger partial charge on any atom is 0.341 e. The third kappa shape index (κ3) is 5.05. The minimum atomic E-state index is -1.12. The maximum absolute atomic E-state index is 13.8. The van der Waals surface area contributed by atoms with E-state index in [2.05, 4.69) is 5.32 Å². The lowest BCUT2D eigenvalue weighted by Crippen LogP contribution is -2.50. The van der Waals surface area contributed by atoms with Crippen LogP contribution in [0.15, 0.2) is 48.5 Å². The fraction of sp³-hybridized carbons (Fsp3) is 0.286. The van der Waals surface area contributed by atoms with Gasteiger partial charge in [-0.05, 0) is 49.6 Å². The van der Waals surface area contributed by atoms with Crippen molar-refractivity contribution in [3.8, 4) is 11.1 Å². The van der Waals surface area contributed by atoms with Crippen LogP contribution >= 0.6 is 11.3 Å². The zero-order valence-corrected chi connectivity index (χ0v) is 22.7. The lowest BCUT2D eigenvalue weighted by molar-refractivity contribution is -0.384. The van der Waals surface area contributed by atoms with Gasteiger partial charge in [0, 0.05) is 22.6 Å². The molecular weight excluding hydrogens is 522 g/mol. The number of ether oxygens (including phenoxy) is 1. The number of fused-ring (bicyclic) bond motifs is 1. The molecule has 2 atom stereocenters. The van der Waals surface area contributed by atoms with Crippen LogP contribution in [0.3, 0.4) is 0 Å². The second-order valence-corrected chi connectivity index (χ2v) is 10.3. The summed E-state index contributed by atoms with van der Waals surface area (Å²) in [5.74, 6) is -2.76. The summed E-state index contributed by atoms with van der Waals surface area (Å²) in [5.41, 5.74) is 1.50. The molecule has 3 aromatic rings. The summed E-state index contributed by atoms with van der Waals surface area (Å²) in [6, 6.07) is 11.0. The van der Waals surface area contributed by atoms with Gasteiger partial charge in [0.15, 0.2) is 0 Å². The van der Waals surface area contributed by atoms with Crippen LogP contribution in [0.2, 0.25) is 0 Å². The van der Waals surface area contributed by atoms with Crippen molar-refractivity contribution in [3.05, 3.63) is 80.2 Å². The Morgan fingerprint density at radius 2 is 1.64 bits per heavy atom. The highest BCUT2D eigenvalue weighted by Crippen LogP contribution is 2.41. The summed E-state index contributed by atoms with van der Waals surface area (Å²) in [4.78, 5) is 65.6. The van der Waals surface area contributed by atoms with Gasteiger partial charge in [-0.1, -0.05) is 32.4 Å². The molecule has 0 spiro atoms. The second-order valence-electron chi connectivity index (χ2n) is 9.11. The zero-order valence-electron chi connectivity index (χ0n) is 21.8. The largest absolute Gasteiger partial charge is 0.462 e. The molecule has 0 radical (unpaired) electrons. The lowest BCUT2D eigenvalue weighted by atomic mass is 9.96. The number of nitro benzene ring substituents is 1. The molecule has 0 saturated heterocycles. The molecule has 11 heteroatoms. The van der Waals surface area contributed by atoms with Crippen molar-refractivity contribution >= 4 is 45.7 Å². The van der Waals surface area contributed by atoms with E-state index in [1.54, 1.807) is 45.0 Å². The van der Waals surface area contributed by atoms with Crippen molar-refractivity contribution in [1.82, 2.24) is 4.90 Å². The topological polar surface area (TPSA) is 136 Å². The lowest BCUT2D eigenvalue weighted by Gasteiger charge is -2.29. The Labute approximate surface area is 228 Å². The van der Waals surface area contributed by atoms with E-state index in [0.29, 0.717) is 22.4 Å². The van der Waals surface area contributed by atoms with Gasteiger partial charge < -0.3 is 10.1 Å². The molecule has 2 heterocycles. The second kappa shape index (κ2) is 11.2. The highest BCUT2D eigenvalue weighted by molar-refractivity contribution is 7.17. The number of imide groups is 1. The highest BCUT2D eigenvalue weighted by atomic mass is 32.1. The number of anilines is 1. The fourth-order valence-corrected chi connectivity index (χ4v) is 5.70. The van der Waals surface area contributed by atoms with Gasteiger partial charge in [0.2, 0.25) is 5.91 Å². The Hall–Kier alpha value is -4.38. The summed E-state index contributed by atoms with van der Waals surface area (Å²) in [7, 11) is 0. The van der Waals surface area contributed by atoms with E-state index in [-0.39, 0.29) is 39.9 Å². The van der Waals surface area contributed by atoms with Crippen molar-refractivity contribution < 1.29 is 28.8 Å². The number of esters is 1. The Morgan fingerprint density at radius 3 is 2.15 bits per heavy atom. The van der Waals surface area contributed by atoms with Crippen molar-refractivity contribution in [3.63, 3.8) is 0 Å². The quantitative estimate of drug-likeness (QED) is 0.162. The third-order valence-electron chi connectivity index (χ3n) is 6.72. The van der Waals surface area contributed by atoms with Crippen molar-refractivity contribution in [2.24, 2.45) is 5.92 Å². The number of benzene rings is 2. The predicted octanol–water partition coefficient (Wildman–Crippen LogP) is 5.46. The summed E-state index contributed by atoms with van der Waals surface area (Å²) in [6.45, 7) is 7.14. The Bertz CT molecular complexity index is 1440. The van der Waals surface area contributed by atoms with Gasteiger partial charge >= 0.3 is 5.97 Å². The minimum absolute atomic E-state index is 0.0886. The molecule has 1 aliphatic heterocycles. The first-order valence-electron chi connectivity index (χ1n) is 12.4. The Kier molecular flexibility index (Phi) is 7.91. The van der Waals surface area contributed by atoms with Gasteiger partial charge in [0.1, 0.15) is 16.6 Å². The molecule has 10 nitrogen and oxygen atoms in total. The van der Waals surface area contributed by atoms with Crippen LogP contribution in [0.1, 0.15) is 63.1 Å². The van der Waals surface area contributed by atoms with E-state index in [4.69, 9.17) is 4.74 Å². The molecule has 0 aliphatic carbocycles. The standard InChI is InChI=1S/C28H27N3O7S/c1-5-15(3)23(30-26(33)19-9-7-8-10-20(19)27(30)34)24(32)29-25-22(28(35)38-6-2)21(16(4)39-25)17-11-13-18(14-12-17)31(36)37/h7-15,23H,5-6H2,1-4H3,(H,29,32). The predicted molar refractivity (Wildman–Crippen MR) is 146 cm³/mol. The van der Waals surface area contributed by atoms with Gasteiger partial charge in [-0.15, -0.1) is 11.3 Å². The summed E-state index contributed by atoms with van der Waals surface area (Å²) in [6.07, 6.45) is 0.508. The number of amides is 3. The SMILES string of the molecule is CCOC(=O)c1c(NC(=O)C(C(C)CC)N2C(=O)c3ccccc3C2=O)sc(C)c1-c1ccc([N+](=O)[O-])cc1. The third-order valence-corrected chi connectivity index (χ3v) is 7.74. The molecule has 1 aliphatic rings. The number of carbonyl (C=O) groups excluding carboxylic acids is 4. The number of nitro groups is 1. The zero-order chi connectivity index (χ0) is 28.4. The molecule has 2 aromatic carbocycles. The van der Waals surface area contributed by atoms with E-state index in [0.717, 1.165) is 16.2 Å². The number of thiophene rings is 1. The molecule has 1 aromatic heterocycles. The first-order valence-corrected chi connectivity index (χ1v) is 13.2. The van der Waals surface area contributed by atoms with Gasteiger partial charge in [0.05, 0.1) is 22.7 Å². The monoisotopic (exact) mass is 549 g/mol. The van der Waals surface area contributed by atoms with Crippen LogP contribution in [-0.2, 0) is 9.53 Å². The smallest absolute Gasteiger partial charge is 0.341 e. The summed E-state index contributed by atoms with van der Waals surface area (Å²) in [5, 5.41) is 14.1. The number of nitrogens with one attached hydrogen (secondary N) is 1. The molecular formula is C28H27N3O7S. The van der Waals surface area contributed by atoms with Gasteiger partial charge in [0.25, 0.3) is 17.5 Å². The Balaban J connectivity index is 1.75. The highest BCUT2D eigenvalue weighted by Gasteiger charge is 2.45. The van der Waals surface area contributed by atoms with Gasteiger partial charge in [-0.25, -0.2) is 4.79 Å². The number of aryl methyl sites for hydroxylation is 1. The average Bonchev–Trinajstić information content (AvgIpc) is 3.37. The summed E-state index contributed by atoms with van der Waals surface area (Å²) < 4.78 is 5.28. The molecule has 0 bridgehead atoms. The van der Waals surface area contributed by atoms with Crippen molar-refractivity contribution in [1.29, 1.82) is 0 Å². The minimum Gasteiger partial charge on any atom is -0.462 e. The van der Waals surface area contributed by atoms with Crippen LogP contribution in [0.5, 0.6) is 0 Å². The van der Waals surface area contributed by atoms with Crippen LogP contribution in [0, 0.1) is 23.0 Å². The van der Waals surface area contributed by atoms with E-state index in [1.165, 1.54) is 24.3 Å². The fourth-order valence-electron chi connectivity index (χ4n) is 4.63. The first-order chi connectivity index (χ1) is 18.6. The van der Waals surface area contributed by atoms with Crippen molar-refractivity contribution in [2.75, 3.05) is 11.9 Å². The van der Waals surface area contributed by atoms with Crippen LogP contribution < -0.4 is 5.32 Å². The summed E-state index contributed by atoms with van der Waals surface area (Å²) >= 11 is 1.14. The molecule has 3 amide bonds. The molecule has 39 heavy (non-hydrogen) atoms. The number of nitrogens with zero attached hydrogens (tertiary/aromatic N) is 2. The normalized spacial score (nSPS) is 14.1. The van der Waals surface area contributed by atoms with Gasteiger partial charge in [-0.3, -0.25) is 29.4 Å². The first kappa shape index (κ1) is 27.6. The van der Waals surface area contributed by atoms with E-state index in [1.807, 2.05) is 6.92 Å². The number of rotatable bonds is 9. The molecule has 0 fully saturated rings. The van der Waals surface area contributed by atoms with Crippen LogP contribution in [0.25, 0.3) is 11.1 Å². The Morgan fingerprint density at radius 1 is 1.05 bits per heavy atom. The maximum atomic E-state index is 13.8. The molecule has 0 saturated carbocycles. The molecule has 1 N–H and O–H groups in total. The van der Waals surface area contributed by atoms with Gasteiger partial charge in [-0.2, -0.15) is 0 Å². The number of hydrogen-bond donors (Lipinski definition) is 1. The van der Waals surface area contributed by atoms with E-state index < -0.39 is 34.7 Å². The number of non-ortho nitro benzene ring substituents is 1. The van der Waals surface area contributed by atoms with Crippen LogP contribution in [0.4, 0.5) is 10.7 Å². The number of carbonyl (C=O) groups is 4. The average molecular weight is 550 g/mol. The van der Waals surface area contributed by atoms with Crippen molar-refractivity contribution in [2.45, 2.75) is 40.2 Å². The molecule has 2 unspecified atom stereocenters. The molecule has 202 valence electrons. The number of hydrogen-bond acceptors (Lipinski definition) is 8. The van der Waals surface area contributed by atoms with E-state index in [9.17, 15) is 29.3 Å². The van der Waals surface area contributed by atoms with E-state index >= 15 is 0 Å².